The van der Waals surface area contributed by atoms with Gasteiger partial charge in [-0.25, -0.2) is 4.79 Å². The van der Waals surface area contributed by atoms with Crippen molar-refractivity contribution in [1.82, 2.24) is 15.1 Å². The van der Waals surface area contributed by atoms with Crippen LogP contribution in [0.4, 0.5) is 0 Å². The Bertz CT molecular complexity index is 808. The van der Waals surface area contributed by atoms with Gasteiger partial charge in [-0.05, 0) is 19.1 Å². The number of aromatic amines is 1. The Morgan fingerprint density at radius 3 is 2.50 bits per heavy atom. The number of hydrogen-bond donors (Lipinski definition) is 1. The number of ether oxygens (including phenoxy) is 3. The van der Waals surface area contributed by atoms with E-state index < -0.39 is 5.97 Å². The van der Waals surface area contributed by atoms with Crippen LogP contribution in [-0.4, -0.2) is 54.3 Å². The highest BCUT2D eigenvalue weighted by Crippen LogP contribution is 2.26. The second kappa shape index (κ2) is 7.47. The molecule has 0 spiro atoms. The molecule has 1 amide bonds. The van der Waals surface area contributed by atoms with Crippen LogP contribution >= 0.6 is 0 Å². The van der Waals surface area contributed by atoms with Gasteiger partial charge in [0, 0.05) is 35.9 Å². The number of rotatable bonds is 5. The Balaban J connectivity index is 1.85. The highest BCUT2D eigenvalue weighted by Gasteiger charge is 2.29. The molecule has 2 aromatic rings. The molecule has 0 aliphatic carbocycles. The Hall–Kier alpha value is -3.03. The van der Waals surface area contributed by atoms with Gasteiger partial charge in [-0.2, -0.15) is 5.10 Å². The molecule has 0 radical (unpaired) electrons. The van der Waals surface area contributed by atoms with Gasteiger partial charge in [-0.3, -0.25) is 9.89 Å². The van der Waals surface area contributed by atoms with Crippen molar-refractivity contribution in [1.29, 1.82) is 0 Å². The van der Waals surface area contributed by atoms with Crippen molar-refractivity contribution in [2.24, 2.45) is 0 Å². The molecule has 0 saturated carbocycles. The number of benzene rings is 1. The van der Waals surface area contributed by atoms with Gasteiger partial charge in [-0.15, -0.1) is 0 Å². The zero-order chi connectivity index (χ0) is 18.7. The van der Waals surface area contributed by atoms with Gasteiger partial charge in [-0.1, -0.05) is 0 Å². The van der Waals surface area contributed by atoms with Crippen LogP contribution in [0.1, 0.15) is 39.0 Å². The van der Waals surface area contributed by atoms with Gasteiger partial charge < -0.3 is 19.1 Å². The summed E-state index contributed by atoms with van der Waals surface area (Å²) in [5.74, 6) is 0.438. The third-order valence-electron chi connectivity index (χ3n) is 4.29. The molecule has 1 aliphatic rings. The first-order valence-corrected chi connectivity index (χ1v) is 8.33. The number of methoxy groups -OCH3 is 2. The van der Waals surface area contributed by atoms with Crippen LogP contribution in [0.5, 0.6) is 11.5 Å². The quantitative estimate of drug-likeness (QED) is 0.818. The third kappa shape index (κ3) is 3.35. The number of aromatic nitrogens is 2. The fourth-order valence-corrected chi connectivity index (χ4v) is 2.95. The number of H-pyrrole nitrogens is 1. The molecule has 0 unspecified atom stereocenters. The summed E-state index contributed by atoms with van der Waals surface area (Å²) in [7, 11) is 3.07. The molecule has 1 aliphatic heterocycles. The fraction of sp³-hybridized carbons (Fsp3) is 0.389. The minimum absolute atomic E-state index is 0.163. The summed E-state index contributed by atoms with van der Waals surface area (Å²) >= 11 is 0. The summed E-state index contributed by atoms with van der Waals surface area (Å²) in [6.07, 6.45) is 0.592. The van der Waals surface area contributed by atoms with Crippen LogP contribution in [0, 0.1) is 0 Å². The predicted octanol–water partition coefficient (Wildman–Crippen LogP) is 1.80. The lowest BCUT2D eigenvalue weighted by Gasteiger charge is -2.27. The predicted molar refractivity (Wildman–Crippen MR) is 92.5 cm³/mol. The standard InChI is InChI=1S/C18H21N3O5/c1-4-26-18(23)16-14-10-21(6-5-15(14)19-20-16)17(22)11-7-12(24-2)9-13(8-11)25-3/h7-9H,4-6,10H2,1-3H3,(H,19,20). The minimum atomic E-state index is -0.484. The lowest BCUT2D eigenvalue weighted by atomic mass is 10.0. The number of fused-ring (bicyclic) bond motifs is 1. The smallest absolute Gasteiger partial charge is 0.359 e. The maximum absolute atomic E-state index is 12.9. The van der Waals surface area contributed by atoms with Crippen molar-refractivity contribution in [3.63, 3.8) is 0 Å². The number of carbonyl (C=O) groups excluding carboxylic acids is 2. The first-order chi connectivity index (χ1) is 12.6. The van der Waals surface area contributed by atoms with Gasteiger partial charge in [0.05, 0.1) is 27.4 Å². The fourth-order valence-electron chi connectivity index (χ4n) is 2.95. The summed E-state index contributed by atoms with van der Waals surface area (Å²) in [6, 6.07) is 5.05. The van der Waals surface area contributed by atoms with Crippen molar-refractivity contribution in [3.8, 4) is 11.5 Å². The molecule has 0 fully saturated rings. The average molecular weight is 359 g/mol. The first-order valence-electron chi connectivity index (χ1n) is 8.33. The number of nitrogens with one attached hydrogen (secondary N) is 1. The van der Waals surface area contributed by atoms with Crippen LogP contribution in [0.15, 0.2) is 18.2 Å². The minimum Gasteiger partial charge on any atom is -0.497 e. The largest absolute Gasteiger partial charge is 0.497 e. The summed E-state index contributed by atoms with van der Waals surface area (Å²) in [5, 5.41) is 6.93. The maximum atomic E-state index is 12.9. The van der Waals surface area contributed by atoms with Crippen molar-refractivity contribution >= 4 is 11.9 Å². The van der Waals surface area contributed by atoms with E-state index in [1.165, 1.54) is 14.2 Å². The number of amides is 1. The molecule has 26 heavy (non-hydrogen) atoms. The Kier molecular flexibility index (Phi) is 5.11. The molecule has 1 aromatic carbocycles. The normalized spacial score (nSPS) is 13.1. The molecule has 0 bridgehead atoms. The van der Waals surface area contributed by atoms with Crippen LogP contribution in [-0.2, 0) is 17.7 Å². The highest BCUT2D eigenvalue weighted by atomic mass is 16.5. The lowest BCUT2D eigenvalue weighted by molar-refractivity contribution is 0.0513. The monoisotopic (exact) mass is 359 g/mol. The Labute approximate surface area is 151 Å². The van der Waals surface area contributed by atoms with E-state index in [-0.39, 0.29) is 18.2 Å². The van der Waals surface area contributed by atoms with E-state index in [4.69, 9.17) is 14.2 Å². The summed E-state index contributed by atoms with van der Waals surface area (Å²) in [5.41, 5.74) is 2.27. The zero-order valence-corrected chi connectivity index (χ0v) is 15.0. The van der Waals surface area contributed by atoms with E-state index >= 15 is 0 Å². The van der Waals surface area contributed by atoms with E-state index in [1.54, 1.807) is 30.0 Å². The van der Waals surface area contributed by atoms with Crippen LogP contribution in [0.25, 0.3) is 0 Å². The second-order valence-electron chi connectivity index (χ2n) is 5.83. The first kappa shape index (κ1) is 17.8. The molecule has 8 nitrogen and oxygen atoms in total. The molecule has 2 heterocycles. The molecule has 138 valence electrons. The summed E-state index contributed by atoms with van der Waals surface area (Å²) in [4.78, 5) is 26.7. The van der Waals surface area contributed by atoms with E-state index in [2.05, 4.69) is 10.2 Å². The Morgan fingerprint density at radius 2 is 1.88 bits per heavy atom. The van der Waals surface area contributed by atoms with Crippen molar-refractivity contribution in [3.05, 3.63) is 40.7 Å². The van der Waals surface area contributed by atoms with Crippen LogP contribution in [0.3, 0.4) is 0 Å². The van der Waals surface area contributed by atoms with Crippen molar-refractivity contribution in [2.45, 2.75) is 19.9 Å². The zero-order valence-electron chi connectivity index (χ0n) is 15.0. The second-order valence-corrected chi connectivity index (χ2v) is 5.83. The van der Waals surface area contributed by atoms with Gasteiger partial charge >= 0.3 is 5.97 Å². The van der Waals surface area contributed by atoms with E-state index in [9.17, 15) is 9.59 Å². The lowest BCUT2D eigenvalue weighted by Crippen LogP contribution is -2.36. The molecule has 8 heteroatoms. The molecule has 1 aromatic heterocycles. The number of hydrogen-bond acceptors (Lipinski definition) is 6. The van der Waals surface area contributed by atoms with Crippen molar-refractivity contribution in [2.75, 3.05) is 27.4 Å². The van der Waals surface area contributed by atoms with Crippen molar-refractivity contribution < 1.29 is 23.8 Å². The summed E-state index contributed by atoms with van der Waals surface area (Å²) in [6.45, 7) is 2.82. The van der Waals surface area contributed by atoms with Gasteiger partial charge in [0.15, 0.2) is 5.69 Å². The van der Waals surface area contributed by atoms with Crippen LogP contribution < -0.4 is 9.47 Å². The number of carbonyl (C=O) groups is 2. The molecular weight excluding hydrogens is 338 g/mol. The summed E-state index contributed by atoms with van der Waals surface area (Å²) < 4.78 is 15.5. The molecule has 0 saturated heterocycles. The maximum Gasteiger partial charge on any atom is 0.359 e. The Morgan fingerprint density at radius 1 is 1.19 bits per heavy atom. The molecular formula is C18H21N3O5. The third-order valence-corrected chi connectivity index (χ3v) is 4.29. The van der Waals surface area contributed by atoms with Gasteiger partial charge in [0.2, 0.25) is 0 Å². The number of esters is 1. The molecule has 0 atom stereocenters. The average Bonchev–Trinajstić information content (AvgIpc) is 3.10. The molecule has 3 rings (SSSR count). The number of nitrogens with zero attached hydrogens (tertiary/aromatic N) is 2. The topological polar surface area (TPSA) is 93.8 Å². The van der Waals surface area contributed by atoms with Gasteiger partial charge in [0.1, 0.15) is 11.5 Å². The van der Waals surface area contributed by atoms with E-state index in [0.717, 1.165) is 5.69 Å². The molecule has 1 N–H and O–H groups in total. The van der Waals surface area contributed by atoms with Gasteiger partial charge in [0.25, 0.3) is 5.91 Å². The SMILES string of the molecule is CCOC(=O)c1n[nH]c2c1CN(C(=O)c1cc(OC)cc(OC)c1)CC2. The van der Waals surface area contributed by atoms with E-state index in [0.29, 0.717) is 42.1 Å². The highest BCUT2D eigenvalue weighted by molar-refractivity contribution is 5.95. The van der Waals surface area contributed by atoms with E-state index in [1.807, 2.05) is 0 Å². The van der Waals surface area contributed by atoms with Crippen LogP contribution in [0.2, 0.25) is 0 Å².